The van der Waals surface area contributed by atoms with E-state index >= 15 is 0 Å². The maximum atomic E-state index is 14.1. The first kappa shape index (κ1) is 31.4. The number of rotatable bonds is 13. The van der Waals surface area contributed by atoms with Gasteiger partial charge in [-0.15, -0.1) is 0 Å². The van der Waals surface area contributed by atoms with Crippen LogP contribution in [-0.2, 0) is 26.2 Å². The van der Waals surface area contributed by atoms with Crippen LogP contribution in [0.4, 0.5) is 10.1 Å². The fourth-order valence-corrected chi connectivity index (χ4v) is 5.75. The number of nitrogens with one attached hydrogen (secondary N) is 1. The summed E-state index contributed by atoms with van der Waals surface area (Å²) in [5.74, 6) is -0.902. The van der Waals surface area contributed by atoms with E-state index in [0.29, 0.717) is 11.3 Å². The molecule has 0 saturated heterocycles. The van der Waals surface area contributed by atoms with Gasteiger partial charge in [0.2, 0.25) is 11.8 Å². The van der Waals surface area contributed by atoms with Crippen molar-refractivity contribution < 1.29 is 31.9 Å². The number of hydrogen-bond donors (Lipinski definition) is 1. The van der Waals surface area contributed by atoms with Crippen molar-refractivity contribution in [2.75, 3.05) is 25.1 Å². The van der Waals surface area contributed by atoms with Crippen molar-refractivity contribution in [1.82, 2.24) is 10.2 Å². The molecule has 0 saturated carbocycles. The summed E-state index contributed by atoms with van der Waals surface area (Å²) in [6, 6.07) is 16.8. The Kier molecular flexibility index (Phi) is 10.7. The third-order valence-corrected chi connectivity index (χ3v) is 8.12. The number of carbonyl (C=O) groups is 2. The molecular weight excluding hydrogens is 549 g/mol. The molecule has 41 heavy (non-hydrogen) atoms. The lowest BCUT2D eigenvalue weighted by molar-refractivity contribution is -0.140. The number of methoxy groups -OCH3 is 2. The van der Waals surface area contributed by atoms with E-state index in [0.717, 1.165) is 4.31 Å². The minimum Gasteiger partial charge on any atom is -0.497 e. The normalized spacial score (nSPS) is 12.0. The fraction of sp³-hybridized carbons (Fsp3) is 0.333. The zero-order chi connectivity index (χ0) is 30.2. The van der Waals surface area contributed by atoms with Gasteiger partial charge in [0.15, 0.2) is 0 Å². The summed E-state index contributed by atoms with van der Waals surface area (Å²) >= 11 is 0. The van der Waals surface area contributed by atoms with E-state index in [1.165, 1.54) is 61.6 Å². The number of anilines is 1. The number of hydrogen-bond acceptors (Lipinski definition) is 6. The van der Waals surface area contributed by atoms with Gasteiger partial charge in [-0.1, -0.05) is 37.3 Å². The minimum absolute atomic E-state index is 0.0349. The van der Waals surface area contributed by atoms with Crippen LogP contribution in [0.25, 0.3) is 0 Å². The van der Waals surface area contributed by atoms with Gasteiger partial charge in [0.05, 0.1) is 24.8 Å². The number of sulfonamides is 1. The van der Waals surface area contributed by atoms with Crippen LogP contribution < -0.4 is 19.1 Å². The Morgan fingerprint density at radius 3 is 2.17 bits per heavy atom. The van der Waals surface area contributed by atoms with Crippen molar-refractivity contribution in [3.8, 4) is 11.5 Å². The van der Waals surface area contributed by atoms with Crippen LogP contribution in [0, 0.1) is 5.82 Å². The molecule has 0 aliphatic rings. The van der Waals surface area contributed by atoms with Gasteiger partial charge in [0, 0.05) is 18.7 Å². The minimum atomic E-state index is -4.29. The molecule has 220 valence electrons. The molecule has 0 aliphatic carbocycles. The van der Waals surface area contributed by atoms with Gasteiger partial charge < -0.3 is 19.7 Å². The van der Waals surface area contributed by atoms with Gasteiger partial charge in [-0.05, 0) is 62.2 Å². The Hall–Kier alpha value is -4.12. The molecule has 0 bridgehead atoms. The predicted octanol–water partition coefficient (Wildman–Crippen LogP) is 4.37. The molecule has 0 aromatic heterocycles. The number of carbonyl (C=O) groups excluding carboxylic acids is 2. The zero-order valence-corrected chi connectivity index (χ0v) is 24.7. The van der Waals surface area contributed by atoms with E-state index in [2.05, 4.69) is 5.32 Å². The smallest absolute Gasteiger partial charge is 0.264 e. The quantitative estimate of drug-likeness (QED) is 0.320. The molecular formula is C30H36FN3O6S. The average molecular weight is 586 g/mol. The maximum absolute atomic E-state index is 14.1. The Balaban J connectivity index is 2.13. The lowest BCUT2D eigenvalue weighted by Crippen LogP contribution is -2.53. The highest BCUT2D eigenvalue weighted by Gasteiger charge is 2.35. The molecule has 1 atom stereocenters. The number of halogens is 1. The number of ether oxygens (including phenoxy) is 2. The van der Waals surface area contributed by atoms with Gasteiger partial charge in [-0.2, -0.15) is 0 Å². The first-order valence-corrected chi connectivity index (χ1v) is 14.6. The standard InChI is InChI=1S/C30H36FN3O6S/c1-6-26(30(36)32-21(2)3)33(19-22-12-14-23(31)15-13-22)29(35)20-34(41(37,38)25-10-8-7-9-11-25)27-18-24(39-4)16-17-28(27)40-5/h7-18,21,26H,6,19-20H2,1-5H3,(H,32,36). The first-order valence-electron chi connectivity index (χ1n) is 13.2. The molecule has 0 spiro atoms. The molecule has 0 radical (unpaired) electrons. The van der Waals surface area contributed by atoms with Crippen molar-refractivity contribution in [2.45, 2.75) is 50.7 Å². The summed E-state index contributed by atoms with van der Waals surface area (Å²) < 4.78 is 53.4. The molecule has 1 unspecified atom stereocenters. The van der Waals surface area contributed by atoms with Gasteiger partial charge in [-0.3, -0.25) is 13.9 Å². The van der Waals surface area contributed by atoms with Crippen molar-refractivity contribution in [3.63, 3.8) is 0 Å². The lowest BCUT2D eigenvalue weighted by atomic mass is 10.1. The Bertz CT molecular complexity index is 1430. The number of nitrogens with zero attached hydrogens (tertiary/aromatic N) is 2. The van der Waals surface area contributed by atoms with E-state index in [9.17, 15) is 22.4 Å². The predicted molar refractivity (Wildman–Crippen MR) is 155 cm³/mol. The highest BCUT2D eigenvalue weighted by atomic mass is 32.2. The molecule has 3 rings (SSSR count). The van der Waals surface area contributed by atoms with E-state index < -0.39 is 34.3 Å². The molecule has 2 amide bonds. The van der Waals surface area contributed by atoms with Crippen molar-refractivity contribution in [3.05, 3.63) is 84.2 Å². The number of amides is 2. The van der Waals surface area contributed by atoms with Crippen molar-refractivity contribution in [2.24, 2.45) is 0 Å². The lowest BCUT2D eigenvalue weighted by Gasteiger charge is -2.34. The van der Waals surface area contributed by atoms with Crippen molar-refractivity contribution in [1.29, 1.82) is 0 Å². The SMILES string of the molecule is CCC(C(=O)NC(C)C)N(Cc1ccc(F)cc1)C(=O)CN(c1cc(OC)ccc1OC)S(=O)(=O)c1ccccc1. The van der Waals surface area contributed by atoms with Gasteiger partial charge in [0.1, 0.15) is 29.9 Å². The van der Waals surface area contributed by atoms with Crippen LogP contribution in [-0.4, -0.2) is 58.0 Å². The molecule has 0 fully saturated rings. The first-order chi connectivity index (χ1) is 19.5. The Labute approximate surface area is 240 Å². The highest BCUT2D eigenvalue weighted by molar-refractivity contribution is 7.92. The molecule has 11 heteroatoms. The molecule has 0 heterocycles. The summed E-state index contributed by atoms with van der Waals surface area (Å²) in [5.41, 5.74) is 0.664. The highest BCUT2D eigenvalue weighted by Crippen LogP contribution is 2.36. The average Bonchev–Trinajstić information content (AvgIpc) is 2.96. The summed E-state index contributed by atoms with van der Waals surface area (Å²) in [6.45, 7) is 4.68. The summed E-state index contributed by atoms with van der Waals surface area (Å²) in [7, 11) is -1.46. The van der Waals surface area contributed by atoms with Crippen LogP contribution in [0.15, 0.2) is 77.7 Å². The molecule has 1 N–H and O–H groups in total. The summed E-state index contributed by atoms with van der Waals surface area (Å²) in [5, 5.41) is 2.84. The summed E-state index contributed by atoms with van der Waals surface area (Å²) in [4.78, 5) is 28.6. The van der Waals surface area contributed by atoms with Crippen LogP contribution in [0.1, 0.15) is 32.8 Å². The van der Waals surface area contributed by atoms with E-state index in [4.69, 9.17) is 9.47 Å². The van der Waals surface area contributed by atoms with Crippen LogP contribution in [0.5, 0.6) is 11.5 Å². The monoisotopic (exact) mass is 585 g/mol. The molecule has 3 aromatic rings. The second kappa shape index (κ2) is 14.0. The number of benzene rings is 3. The third kappa shape index (κ3) is 7.75. The second-order valence-corrected chi connectivity index (χ2v) is 11.5. The fourth-order valence-electron chi connectivity index (χ4n) is 4.31. The molecule has 3 aromatic carbocycles. The Morgan fingerprint density at radius 2 is 1.61 bits per heavy atom. The van der Waals surface area contributed by atoms with Crippen LogP contribution >= 0.6 is 0 Å². The topological polar surface area (TPSA) is 105 Å². The molecule has 0 aliphatic heterocycles. The maximum Gasteiger partial charge on any atom is 0.264 e. The third-order valence-electron chi connectivity index (χ3n) is 6.35. The summed E-state index contributed by atoms with van der Waals surface area (Å²) in [6.07, 6.45) is 0.263. The van der Waals surface area contributed by atoms with Crippen LogP contribution in [0.3, 0.4) is 0 Å². The van der Waals surface area contributed by atoms with Gasteiger partial charge >= 0.3 is 0 Å². The van der Waals surface area contributed by atoms with Gasteiger partial charge in [0.25, 0.3) is 10.0 Å². The van der Waals surface area contributed by atoms with E-state index in [1.807, 2.05) is 0 Å². The Morgan fingerprint density at radius 1 is 0.951 bits per heavy atom. The van der Waals surface area contributed by atoms with E-state index in [1.54, 1.807) is 51.1 Å². The van der Waals surface area contributed by atoms with Crippen molar-refractivity contribution >= 4 is 27.5 Å². The van der Waals surface area contributed by atoms with E-state index in [-0.39, 0.29) is 41.2 Å². The molecule has 9 nitrogen and oxygen atoms in total. The second-order valence-electron chi connectivity index (χ2n) is 9.60. The van der Waals surface area contributed by atoms with Gasteiger partial charge in [-0.25, -0.2) is 12.8 Å². The van der Waals surface area contributed by atoms with Crippen LogP contribution in [0.2, 0.25) is 0 Å². The zero-order valence-electron chi connectivity index (χ0n) is 23.8. The largest absolute Gasteiger partial charge is 0.497 e.